The average Bonchev–Trinajstić information content (AvgIpc) is 3.16. The minimum Gasteiger partial charge on any atom is -0.493 e. The smallest absolute Gasteiger partial charge is 0.286 e. The van der Waals surface area contributed by atoms with Gasteiger partial charge in [0, 0.05) is 24.2 Å². The first-order chi connectivity index (χ1) is 13.9. The summed E-state index contributed by atoms with van der Waals surface area (Å²) in [6.07, 6.45) is 0. The lowest BCUT2D eigenvalue weighted by molar-refractivity contribution is -0.119. The maximum Gasteiger partial charge on any atom is 0.286 e. The molecule has 8 nitrogen and oxygen atoms in total. The van der Waals surface area contributed by atoms with Gasteiger partial charge in [0.2, 0.25) is 5.88 Å². The quantitative estimate of drug-likeness (QED) is 0.587. The summed E-state index contributed by atoms with van der Waals surface area (Å²) in [6, 6.07) is 9.52. The van der Waals surface area contributed by atoms with Crippen LogP contribution in [0.5, 0.6) is 5.88 Å². The fourth-order valence-electron chi connectivity index (χ4n) is 3.48. The van der Waals surface area contributed by atoms with Crippen molar-refractivity contribution in [3.05, 3.63) is 41.7 Å². The lowest BCUT2D eigenvalue weighted by atomic mass is 10.2. The van der Waals surface area contributed by atoms with E-state index < -0.39 is 5.91 Å². The van der Waals surface area contributed by atoms with Gasteiger partial charge in [0.15, 0.2) is 5.69 Å². The van der Waals surface area contributed by atoms with E-state index in [-0.39, 0.29) is 12.4 Å². The molecule has 1 amide bonds. The Labute approximate surface area is 170 Å². The first-order valence-electron chi connectivity index (χ1n) is 9.92. The summed E-state index contributed by atoms with van der Waals surface area (Å²) >= 11 is 0. The molecule has 0 aliphatic carbocycles. The molecular weight excluding hydrogens is 368 g/mol. The van der Waals surface area contributed by atoms with Crippen LogP contribution in [0.4, 0.5) is 5.69 Å². The molecule has 0 atom stereocenters. The fourth-order valence-corrected chi connectivity index (χ4v) is 3.48. The van der Waals surface area contributed by atoms with Crippen LogP contribution >= 0.6 is 0 Å². The number of carbonyl (C=O) groups excluding carboxylic acids is 1. The molecule has 0 fully saturated rings. The number of amides is 1. The predicted molar refractivity (Wildman–Crippen MR) is 113 cm³/mol. The largest absolute Gasteiger partial charge is 0.493 e. The highest BCUT2D eigenvalue weighted by molar-refractivity contribution is 5.95. The van der Waals surface area contributed by atoms with E-state index in [2.05, 4.69) is 34.1 Å². The average molecular weight is 396 g/mol. The lowest BCUT2D eigenvalue weighted by Crippen LogP contribution is -2.26. The Bertz CT molecular complexity index is 1030. The number of aromatic nitrogens is 3. The van der Waals surface area contributed by atoms with Gasteiger partial charge in [0.05, 0.1) is 11.2 Å². The number of hydrogen-bond acceptors (Lipinski definition) is 5. The number of nitrogens with zero attached hydrogens (tertiary/aromatic N) is 6. The third-order valence-corrected chi connectivity index (χ3v) is 5.10. The van der Waals surface area contributed by atoms with Crippen molar-refractivity contribution in [3.8, 4) is 5.88 Å². The molecular formula is C21H28N6O2. The highest BCUT2D eigenvalue weighted by atomic mass is 16.3. The second-order valence-electron chi connectivity index (χ2n) is 7.05. The Morgan fingerprint density at radius 1 is 1.21 bits per heavy atom. The van der Waals surface area contributed by atoms with E-state index in [1.54, 1.807) is 4.68 Å². The van der Waals surface area contributed by atoms with Crippen LogP contribution in [-0.4, -0.2) is 49.9 Å². The van der Waals surface area contributed by atoms with Crippen molar-refractivity contribution in [3.63, 3.8) is 0 Å². The Kier molecular flexibility index (Phi) is 6.43. The van der Waals surface area contributed by atoms with E-state index in [1.165, 1.54) is 0 Å². The summed E-state index contributed by atoms with van der Waals surface area (Å²) in [5.74, 6) is -0.392. The number of para-hydroxylation sites is 1. The van der Waals surface area contributed by atoms with Crippen LogP contribution in [0.15, 0.2) is 40.6 Å². The third kappa shape index (κ3) is 4.54. The molecule has 0 saturated carbocycles. The zero-order valence-electron chi connectivity index (χ0n) is 17.5. The highest BCUT2D eigenvalue weighted by Crippen LogP contribution is 2.38. The highest BCUT2D eigenvalue weighted by Gasteiger charge is 2.17. The van der Waals surface area contributed by atoms with Crippen LogP contribution in [0.3, 0.4) is 0 Å². The van der Waals surface area contributed by atoms with E-state index in [4.69, 9.17) is 0 Å². The summed E-state index contributed by atoms with van der Waals surface area (Å²) in [4.78, 5) is 14.6. The van der Waals surface area contributed by atoms with Crippen molar-refractivity contribution in [2.24, 2.45) is 10.2 Å². The second kappa shape index (κ2) is 9.00. The van der Waals surface area contributed by atoms with Gasteiger partial charge < -0.3 is 14.6 Å². The second-order valence-corrected chi connectivity index (χ2v) is 7.05. The van der Waals surface area contributed by atoms with Gasteiger partial charge in [-0.15, -0.1) is 10.2 Å². The van der Waals surface area contributed by atoms with Gasteiger partial charge >= 0.3 is 0 Å². The minimum absolute atomic E-state index is 0.0184. The number of aryl methyl sites for hydroxylation is 2. The summed E-state index contributed by atoms with van der Waals surface area (Å²) in [6.45, 7) is 11.4. The molecule has 0 unspecified atom stereocenters. The molecule has 1 aromatic carbocycles. The number of rotatable bonds is 8. The molecule has 0 radical (unpaired) electrons. The van der Waals surface area contributed by atoms with Crippen LogP contribution in [0.25, 0.3) is 10.9 Å². The molecule has 3 aromatic rings. The topological polar surface area (TPSA) is 88.0 Å². The van der Waals surface area contributed by atoms with Crippen molar-refractivity contribution in [1.29, 1.82) is 0 Å². The maximum absolute atomic E-state index is 12.3. The SMILES string of the molecule is CCN(CC)CCn1c(O)c(N=NC(=O)Cn2nc(C)cc2C)c2ccccc21. The summed E-state index contributed by atoms with van der Waals surface area (Å²) in [5.41, 5.74) is 2.93. The van der Waals surface area contributed by atoms with E-state index in [1.807, 2.05) is 48.7 Å². The Hall–Kier alpha value is -3.00. The van der Waals surface area contributed by atoms with Crippen LogP contribution in [0.2, 0.25) is 0 Å². The van der Waals surface area contributed by atoms with Gasteiger partial charge in [-0.05, 0) is 39.1 Å². The van der Waals surface area contributed by atoms with Crippen molar-refractivity contribution in [1.82, 2.24) is 19.2 Å². The van der Waals surface area contributed by atoms with Crippen LogP contribution in [0.1, 0.15) is 25.2 Å². The van der Waals surface area contributed by atoms with Crippen molar-refractivity contribution >= 4 is 22.5 Å². The molecule has 2 aromatic heterocycles. The summed E-state index contributed by atoms with van der Waals surface area (Å²) in [5, 5.41) is 23.8. The van der Waals surface area contributed by atoms with Gasteiger partial charge in [-0.25, -0.2) is 0 Å². The first-order valence-corrected chi connectivity index (χ1v) is 9.92. The van der Waals surface area contributed by atoms with Gasteiger partial charge in [0.1, 0.15) is 6.54 Å². The molecule has 3 rings (SSSR count). The van der Waals surface area contributed by atoms with Gasteiger partial charge in [-0.3, -0.25) is 9.48 Å². The minimum atomic E-state index is -0.421. The predicted octanol–water partition coefficient (Wildman–Crippen LogP) is 3.81. The number of fused-ring (bicyclic) bond motifs is 1. The third-order valence-electron chi connectivity index (χ3n) is 5.10. The number of aromatic hydroxyl groups is 1. The van der Waals surface area contributed by atoms with E-state index in [0.717, 1.165) is 41.9 Å². The van der Waals surface area contributed by atoms with Gasteiger partial charge in [-0.1, -0.05) is 32.0 Å². The molecule has 0 saturated heterocycles. The Morgan fingerprint density at radius 3 is 2.59 bits per heavy atom. The van der Waals surface area contributed by atoms with Crippen LogP contribution in [-0.2, 0) is 17.9 Å². The molecule has 1 N–H and O–H groups in total. The molecule has 2 heterocycles. The molecule has 0 aliphatic rings. The molecule has 154 valence electrons. The molecule has 0 bridgehead atoms. The zero-order chi connectivity index (χ0) is 21.0. The van der Waals surface area contributed by atoms with Gasteiger partial charge in [-0.2, -0.15) is 5.10 Å². The maximum atomic E-state index is 12.3. The monoisotopic (exact) mass is 396 g/mol. The number of hydrogen-bond donors (Lipinski definition) is 1. The Morgan fingerprint density at radius 2 is 1.93 bits per heavy atom. The molecule has 0 spiro atoms. The standard InChI is InChI=1S/C21H28N6O2/c1-5-25(6-2)11-12-26-18-10-8-7-9-17(18)20(21(26)29)23-22-19(28)14-27-16(4)13-15(3)24-27/h7-10,13,29H,5-6,11-12,14H2,1-4H3. The normalized spacial score (nSPS) is 11.9. The summed E-state index contributed by atoms with van der Waals surface area (Å²) in [7, 11) is 0. The van der Waals surface area contributed by atoms with E-state index >= 15 is 0 Å². The number of azo groups is 1. The lowest BCUT2D eigenvalue weighted by Gasteiger charge is -2.18. The van der Waals surface area contributed by atoms with E-state index in [9.17, 15) is 9.90 Å². The molecule has 29 heavy (non-hydrogen) atoms. The fraction of sp³-hybridized carbons (Fsp3) is 0.429. The number of likely N-dealkylation sites (N-methyl/N-ethyl adjacent to an activating group) is 1. The van der Waals surface area contributed by atoms with E-state index in [0.29, 0.717) is 12.2 Å². The molecule has 8 heteroatoms. The van der Waals surface area contributed by atoms with Crippen molar-refractivity contribution < 1.29 is 9.90 Å². The van der Waals surface area contributed by atoms with Crippen molar-refractivity contribution in [2.45, 2.75) is 40.8 Å². The molecule has 0 aliphatic heterocycles. The number of benzene rings is 1. The van der Waals surface area contributed by atoms with Crippen LogP contribution < -0.4 is 0 Å². The first kappa shape index (κ1) is 20.7. The van der Waals surface area contributed by atoms with Gasteiger partial charge in [0.25, 0.3) is 5.91 Å². The Balaban J connectivity index is 1.85. The van der Waals surface area contributed by atoms with Crippen molar-refractivity contribution in [2.75, 3.05) is 19.6 Å². The van der Waals surface area contributed by atoms with Crippen LogP contribution in [0, 0.1) is 13.8 Å². The zero-order valence-corrected chi connectivity index (χ0v) is 17.5. The number of carbonyl (C=O) groups is 1. The summed E-state index contributed by atoms with van der Waals surface area (Å²) < 4.78 is 3.43.